The van der Waals surface area contributed by atoms with Gasteiger partial charge in [0.05, 0.1) is 11.9 Å². The molecule has 1 N–H and O–H groups in total. The molecule has 1 aromatic rings. The fourth-order valence-corrected chi connectivity index (χ4v) is 1.32. The lowest BCUT2D eigenvalue weighted by Gasteiger charge is -2.04. The van der Waals surface area contributed by atoms with E-state index >= 15 is 0 Å². The first-order valence-electron chi connectivity index (χ1n) is 5.52. The fraction of sp³-hybridized carbons (Fsp3) is 0.727. The highest BCUT2D eigenvalue weighted by Crippen LogP contribution is 2.09. The Hall–Kier alpha value is -0.990. The minimum Gasteiger partial charge on any atom is -0.383 e. The van der Waals surface area contributed by atoms with Crippen molar-refractivity contribution in [3.05, 3.63) is 12.4 Å². The van der Waals surface area contributed by atoms with Gasteiger partial charge in [0.25, 0.3) is 0 Å². The van der Waals surface area contributed by atoms with Gasteiger partial charge in [-0.05, 0) is 20.3 Å². The number of unbranched alkanes of at least 4 members (excludes halogenated alkanes) is 2. The molecule has 1 aromatic heterocycles. The molecular formula is C11H21N3. The third-order valence-corrected chi connectivity index (χ3v) is 2.24. The second-order valence-corrected chi connectivity index (χ2v) is 3.94. The molecule has 0 aliphatic carbocycles. The van der Waals surface area contributed by atoms with Gasteiger partial charge in [-0.2, -0.15) is 5.10 Å². The molecule has 0 bridgehead atoms. The second kappa shape index (κ2) is 5.68. The Morgan fingerprint density at radius 1 is 1.43 bits per heavy atom. The van der Waals surface area contributed by atoms with E-state index in [4.69, 9.17) is 0 Å². The molecule has 0 saturated carbocycles. The standard InChI is InChI=1S/C11H21N3/c1-4-5-6-7-12-11-8-13-14(9-11)10(2)3/h8-10,12H,4-7H2,1-3H3. The van der Waals surface area contributed by atoms with E-state index in [0.29, 0.717) is 6.04 Å². The summed E-state index contributed by atoms with van der Waals surface area (Å²) in [5.41, 5.74) is 1.13. The number of hydrogen-bond donors (Lipinski definition) is 1. The van der Waals surface area contributed by atoms with Gasteiger partial charge in [0.2, 0.25) is 0 Å². The van der Waals surface area contributed by atoms with E-state index in [1.165, 1.54) is 19.3 Å². The molecule has 0 saturated heterocycles. The van der Waals surface area contributed by atoms with E-state index in [0.717, 1.165) is 12.2 Å². The molecule has 3 heteroatoms. The van der Waals surface area contributed by atoms with Crippen LogP contribution in [0.1, 0.15) is 46.1 Å². The smallest absolute Gasteiger partial charge is 0.0726 e. The van der Waals surface area contributed by atoms with Crippen LogP contribution in [0.25, 0.3) is 0 Å². The van der Waals surface area contributed by atoms with Gasteiger partial charge in [-0.1, -0.05) is 19.8 Å². The molecular weight excluding hydrogens is 174 g/mol. The van der Waals surface area contributed by atoms with E-state index in [9.17, 15) is 0 Å². The van der Waals surface area contributed by atoms with Gasteiger partial charge in [-0.15, -0.1) is 0 Å². The highest BCUT2D eigenvalue weighted by atomic mass is 15.3. The molecule has 0 atom stereocenters. The Balaban J connectivity index is 2.29. The van der Waals surface area contributed by atoms with Gasteiger partial charge in [-0.25, -0.2) is 0 Å². The molecule has 0 amide bonds. The Morgan fingerprint density at radius 3 is 2.79 bits per heavy atom. The normalized spacial score (nSPS) is 10.9. The minimum absolute atomic E-state index is 0.446. The SMILES string of the molecule is CCCCCNc1cnn(C(C)C)c1. The maximum atomic E-state index is 4.27. The third-order valence-electron chi connectivity index (χ3n) is 2.24. The van der Waals surface area contributed by atoms with Gasteiger partial charge >= 0.3 is 0 Å². The van der Waals surface area contributed by atoms with Crippen LogP contribution < -0.4 is 5.32 Å². The van der Waals surface area contributed by atoms with Gasteiger partial charge in [-0.3, -0.25) is 4.68 Å². The lowest BCUT2D eigenvalue weighted by molar-refractivity contribution is 0.532. The van der Waals surface area contributed by atoms with Crippen LogP contribution in [-0.4, -0.2) is 16.3 Å². The number of rotatable bonds is 6. The number of nitrogens with zero attached hydrogens (tertiary/aromatic N) is 2. The fourth-order valence-electron chi connectivity index (χ4n) is 1.32. The van der Waals surface area contributed by atoms with Gasteiger partial charge < -0.3 is 5.32 Å². The summed E-state index contributed by atoms with van der Waals surface area (Å²) in [7, 11) is 0. The molecule has 0 fully saturated rings. The van der Waals surface area contributed by atoms with E-state index in [1.807, 2.05) is 10.9 Å². The predicted octanol–water partition coefficient (Wildman–Crippen LogP) is 3.07. The summed E-state index contributed by atoms with van der Waals surface area (Å²) in [6.07, 6.45) is 7.77. The van der Waals surface area contributed by atoms with Gasteiger partial charge in [0.1, 0.15) is 0 Å². The molecule has 0 aliphatic heterocycles. The van der Waals surface area contributed by atoms with Crippen LogP contribution in [0.2, 0.25) is 0 Å². The van der Waals surface area contributed by atoms with Crippen molar-refractivity contribution in [2.45, 2.75) is 46.1 Å². The minimum atomic E-state index is 0.446. The molecule has 14 heavy (non-hydrogen) atoms. The van der Waals surface area contributed by atoms with Crippen LogP contribution in [-0.2, 0) is 0 Å². The van der Waals surface area contributed by atoms with Gasteiger partial charge in [0, 0.05) is 18.8 Å². The first kappa shape index (κ1) is 11.1. The first-order chi connectivity index (χ1) is 6.74. The number of anilines is 1. The first-order valence-corrected chi connectivity index (χ1v) is 5.52. The molecule has 0 radical (unpaired) electrons. The lowest BCUT2D eigenvalue weighted by Crippen LogP contribution is -2.01. The van der Waals surface area contributed by atoms with Crippen molar-refractivity contribution in [3.63, 3.8) is 0 Å². The predicted molar refractivity (Wildman–Crippen MR) is 60.6 cm³/mol. The van der Waals surface area contributed by atoms with Crippen LogP contribution in [0, 0.1) is 0 Å². The number of hydrogen-bond acceptors (Lipinski definition) is 2. The largest absolute Gasteiger partial charge is 0.383 e. The Labute approximate surface area is 86.5 Å². The monoisotopic (exact) mass is 195 g/mol. The summed E-state index contributed by atoms with van der Waals surface area (Å²) in [6, 6.07) is 0.446. The second-order valence-electron chi connectivity index (χ2n) is 3.94. The topological polar surface area (TPSA) is 29.9 Å². The molecule has 0 aromatic carbocycles. The van der Waals surface area contributed by atoms with Crippen LogP contribution in [0.15, 0.2) is 12.4 Å². The lowest BCUT2D eigenvalue weighted by atomic mass is 10.2. The van der Waals surface area contributed by atoms with Crippen LogP contribution in [0.4, 0.5) is 5.69 Å². The van der Waals surface area contributed by atoms with Crippen molar-refractivity contribution in [1.29, 1.82) is 0 Å². The summed E-state index contributed by atoms with van der Waals surface area (Å²) in [6.45, 7) is 7.54. The van der Waals surface area contributed by atoms with Crippen molar-refractivity contribution in [3.8, 4) is 0 Å². The summed E-state index contributed by atoms with van der Waals surface area (Å²) in [4.78, 5) is 0. The van der Waals surface area contributed by atoms with Crippen LogP contribution in [0.5, 0.6) is 0 Å². The van der Waals surface area contributed by atoms with E-state index in [2.05, 4.69) is 37.4 Å². The molecule has 1 heterocycles. The summed E-state index contributed by atoms with van der Waals surface area (Å²) >= 11 is 0. The zero-order chi connectivity index (χ0) is 10.4. The Morgan fingerprint density at radius 2 is 2.21 bits per heavy atom. The highest BCUT2D eigenvalue weighted by molar-refractivity contribution is 5.37. The maximum absolute atomic E-state index is 4.27. The van der Waals surface area contributed by atoms with Crippen molar-refractivity contribution >= 4 is 5.69 Å². The van der Waals surface area contributed by atoms with E-state index in [-0.39, 0.29) is 0 Å². The quantitative estimate of drug-likeness (QED) is 0.707. The molecule has 0 unspecified atom stereocenters. The van der Waals surface area contributed by atoms with Crippen molar-refractivity contribution in [1.82, 2.24) is 9.78 Å². The Kier molecular flexibility index (Phi) is 4.50. The number of nitrogens with one attached hydrogen (secondary N) is 1. The summed E-state index contributed by atoms with van der Waals surface area (Å²) < 4.78 is 1.97. The van der Waals surface area contributed by atoms with Crippen LogP contribution in [0.3, 0.4) is 0 Å². The van der Waals surface area contributed by atoms with Gasteiger partial charge in [0.15, 0.2) is 0 Å². The molecule has 0 spiro atoms. The Bertz CT molecular complexity index is 253. The average molecular weight is 195 g/mol. The molecule has 1 rings (SSSR count). The molecule has 80 valence electrons. The highest BCUT2D eigenvalue weighted by Gasteiger charge is 1.99. The van der Waals surface area contributed by atoms with Crippen molar-refractivity contribution in [2.24, 2.45) is 0 Å². The molecule has 0 aliphatic rings. The average Bonchev–Trinajstić information content (AvgIpc) is 2.61. The summed E-state index contributed by atoms with van der Waals surface area (Å²) in [5, 5.41) is 7.64. The van der Waals surface area contributed by atoms with Crippen molar-refractivity contribution in [2.75, 3.05) is 11.9 Å². The van der Waals surface area contributed by atoms with E-state index < -0.39 is 0 Å². The number of aromatic nitrogens is 2. The third kappa shape index (κ3) is 3.40. The zero-order valence-electron chi connectivity index (χ0n) is 9.45. The van der Waals surface area contributed by atoms with Crippen molar-refractivity contribution < 1.29 is 0 Å². The van der Waals surface area contributed by atoms with E-state index in [1.54, 1.807) is 0 Å². The molecule has 3 nitrogen and oxygen atoms in total. The zero-order valence-corrected chi connectivity index (χ0v) is 9.45. The summed E-state index contributed by atoms with van der Waals surface area (Å²) in [5.74, 6) is 0. The maximum Gasteiger partial charge on any atom is 0.0726 e. The van der Waals surface area contributed by atoms with Crippen LogP contribution >= 0.6 is 0 Å².